The predicted octanol–water partition coefficient (Wildman–Crippen LogP) is 9.30. The Balaban J connectivity index is 1.56. The molecule has 3 nitrogen and oxygen atoms in total. The fourth-order valence-corrected chi connectivity index (χ4v) is 5.31. The summed E-state index contributed by atoms with van der Waals surface area (Å²) in [5.41, 5.74) is 9.12. The van der Waals surface area contributed by atoms with Crippen LogP contribution in [0.4, 0.5) is 5.69 Å². The molecule has 182 valence electrons. The van der Waals surface area contributed by atoms with Crippen molar-refractivity contribution in [2.75, 3.05) is 0 Å². The lowest BCUT2D eigenvalue weighted by Crippen LogP contribution is -2.17. The minimum Gasteiger partial charge on any atom is -0.361 e. The largest absolute Gasteiger partial charge is 0.361 e. The highest BCUT2D eigenvalue weighted by atomic mass is 32.1. The number of aromatic nitrogens is 2. The molecule has 0 fully saturated rings. The Bertz CT molecular complexity index is 1510. The molecule has 0 unspecified atom stereocenters. The van der Waals surface area contributed by atoms with Crippen molar-refractivity contribution in [2.45, 2.75) is 52.4 Å². The van der Waals surface area contributed by atoms with E-state index in [4.69, 9.17) is 9.98 Å². The quantitative estimate of drug-likeness (QED) is 0.250. The highest BCUT2D eigenvalue weighted by Gasteiger charge is 2.20. The molecule has 5 rings (SSSR count). The number of hydrogen-bond donors (Lipinski definition) is 1. The van der Waals surface area contributed by atoms with Crippen LogP contribution in [-0.2, 0) is 10.8 Å². The van der Waals surface area contributed by atoms with Gasteiger partial charge in [-0.05, 0) is 70.0 Å². The first-order valence-corrected chi connectivity index (χ1v) is 13.2. The van der Waals surface area contributed by atoms with E-state index in [2.05, 4.69) is 107 Å². The lowest BCUT2D eigenvalue weighted by atomic mass is 9.79. The van der Waals surface area contributed by atoms with E-state index in [0.717, 1.165) is 38.6 Å². The molecule has 0 aliphatic rings. The third kappa shape index (κ3) is 4.91. The van der Waals surface area contributed by atoms with Crippen LogP contribution in [0.1, 0.15) is 58.2 Å². The molecule has 3 aromatic carbocycles. The highest BCUT2D eigenvalue weighted by molar-refractivity contribution is 7.21. The summed E-state index contributed by atoms with van der Waals surface area (Å²) in [6.07, 6.45) is 3.95. The minimum absolute atomic E-state index is 0.0690. The summed E-state index contributed by atoms with van der Waals surface area (Å²) in [6, 6.07) is 25.6. The molecule has 0 aliphatic heterocycles. The molecule has 0 radical (unpaired) electrons. The van der Waals surface area contributed by atoms with Gasteiger partial charge in [-0.2, -0.15) is 0 Å². The SMILES string of the molecule is CC(C)(C)c1cc(C=Nc2ccccc2-c2nc3c(-c4ccc[nH]4)cccc3s2)cc(C(C)(C)C)c1. The maximum atomic E-state index is 5.07. The van der Waals surface area contributed by atoms with E-state index < -0.39 is 0 Å². The van der Waals surface area contributed by atoms with Crippen LogP contribution in [-0.4, -0.2) is 16.2 Å². The number of thiazole rings is 1. The molecule has 0 spiro atoms. The molecule has 0 amide bonds. The van der Waals surface area contributed by atoms with Gasteiger partial charge in [-0.25, -0.2) is 4.98 Å². The number of fused-ring (bicyclic) bond motifs is 1. The first kappa shape index (κ1) is 24.2. The van der Waals surface area contributed by atoms with E-state index in [9.17, 15) is 0 Å². The van der Waals surface area contributed by atoms with Crippen LogP contribution in [0.2, 0.25) is 0 Å². The van der Waals surface area contributed by atoms with Gasteiger partial charge in [0.15, 0.2) is 0 Å². The number of para-hydroxylation sites is 2. The van der Waals surface area contributed by atoms with Crippen molar-refractivity contribution in [1.82, 2.24) is 9.97 Å². The second kappa shape index (κ2) is 9.18. The molecule has 36 heavy (non-hydrogen) atoms. The van der Waals surface area contributed by atoms with E-state index in [-0.39, 0.29) is 10.8 Å². The van der Waals surface area contributed by atoms with Crippen LogP contribution in [0.5, 0.6) is 0 Å². The normalized spacial score (nSPS) is 12.6. The Kier molecular flexibility index (Phi) is 6.17. The second-order valence-electron chi connectivity index (χ2n) is 11.4. The Morgan fingerprint density at radius 3 is 2.14 bits per heavy atom. The number of H-pyrrole nitrogens is 1. The summed E-state index contributed by atoms with van der Waals surface area (Å²) < 4.78 is 1.17. The zero-order valence-corrected chi connectivity index (χ0v) is 22.7. The fourth-order valence-electron chi connectivity index (χ4n) is 4.28. The molecule has 0 atom stereocenters. The van der Waals surface area contributed by atoms with Gasteiger partial charge in [0, 0.05) is 29.2 Å². The fraction of sp³-hybridized carbons (Fsp3) is 0.250. The molecule has 0 saturated heterocycles. The number of nitrogens with one attached hydrogen (secondary N) is 1. The van der Waals surface area contributed by atoms with Gasteiger partial charge in [0.2, 0.25) is 0 Å². The monoisotopic (exact) mass is 491 g/mol. The number of aromatic amines is 1. The van der Waals surface area contributed by atoms with Crippen LogP contribution in [0.3, 0.4) is 0 Å². The van der Waals surface area contributed by atoms with Crippen molar-refractivity contribution < 1.29 is 0 Å². The van der Waals surface area contributed by atoms with Crippen LogP contribution in [0.15, 0.2) is 84.0 Å². The third-order valence-electron chi connectivity index (χ3n) is 6.48. The average molecular weight is 492 g/mol. The van der Waals surface area contributed by atoms with Crippen molar-refractivity contribution >= 4 is 33.5 Å². The topological polar surface area (TPSA) is 41.0 Å². The van der Waals surface area contributed by atoms with Crippen LogP contribution in [0, 0.1) is 0 Å². The van der Waals surface area contributed by atoms with Gasteiger partial charge in [-0.15, -0.1) is 11.3 Å². The number of aliphatic imine (C=N–C) groups is 1. The zero-order valence-electron chi connectivity index (χ0n) is 21.9. The Labute approximate surface area is 218 Å². The smallest absolute Gasteiger partial charge is 0.126 e. The van der Waals surface area contributed by atoms with Crippen LogP contribution >= 0.6 is 11.3 Å². The zero-order chi connectivity index (χ0) is 25.5. The molecular weight excluding hydrogens is 458 g/mol. The summed E-state index contributed by atoms with van der Waals surface area (Å²) in [5, 5.41) is 0.982. The molecule has 5 aromatic rings. The predicted molar refractivity (Wildman–Crippen MR) is 156 cm³/mol. The summed E-state index contributed by atoms with van der Waals surface area (Å²) in [7, 11) is 0. The van der Waals surface area contributed by atoms with E-state index in [1.165, 1.54) is 15.8 Å². The Morgan fingerprint density at radius 2 is 1.47 bits per heavy atom. The van der Waals surface area contributed by atoms with Crippen molar-refractivity contribution in [2.24, 2.45) is 4.99 Å². The molecule has 2 heterocycles. The molecule has 2 aromatic heterocycles. The standard InChI is InChI=1S/C32H33N3S/c1-31(2,3)22-17-21(18-23(19-22)32(4,5)6)20-34-27-13-8-7-11-25(27)30-35-29-24(26-14-10-16-33-26)12-9-15-28(29)36-30/h7-20,33H,1-6H3. The van der Waals surface area contributed by atoms with Gasteiger partial charge in [0.05, 0.1) is 15.9 Å². The average Bonchev–Trinajstić information content (AvgIpc) is 3.51. The first-order valence-electron chi connectivity index (χ1n) is 12.4. The van der Waals surface area contributed by atoms with E-state index in [1.54, 1.807) is 11.3 Å². The van der Waals surface area contributed by atoms with Gasteiger partial charge < -0.3 is 4.98 Å². The van der Waals surface area contributed by atoms with Gasteiger partial charge >= 0.3 is 0 Å². The number of rotatable bonds is 4. The Morgan fingerprint density at radius 1 is 0.778 bits per heavy atom. The molecule has 0 bridgehead atoms. The van der Waals surface area contributed by atoms with Crippen LogP contribution in [0.25, 0.3) is 32.0 Å². The number of hydrogen-bond acceptors (Lipinski definition) is 3. The third-order valence-corrected chi connectivity index (χ3v) is 7.54. The van der Waals surface area contributed by atoms with Crippen molar-refractivity contribution in [3.63, 3.8) is 0 Å². The lowest BCUT2D eigenvalue weighted by Gasteiger charge is -2.25. The highest BCUT2D eigenvalue weighted by Crippen LogP contribution is 2.39. The van der Waals surface area contributed by atoms with E-state index in [1.807, 2.05) is 24.5 Å². The van der Waals surface area contributed by atoms with Crippen molar-refractivity contribution in [3.05, 3.63) is 95.7 Å². The van der Waals surface area contributed by atoms with Gasteiger partial charge in [-0.3, -0.25) is 4.99 Å². The summed E-state index contributed by atoms with van der Waals surface area (Å²) in [5.74, 6) is 0. The summed E-state index contributed by atoms with van der Waals surface area (Å²) in [4.78, 5) is 13.4. The van der Waals surface area contributed by atoms with Crippen molar-refractivity contribution in [1.29, 1.82) is 0 Å². The van der Waals surface area contributed by atoms with E-state index in [0.29, 0.717) is 0 Å². The maximum absolute atomic E-state index is 5.07. The number of nitrogens with zero attached hydrogens (tertiary/aromatic N) is 2. The Hall–Kier alpha value is -3.50. The summed E-state index contributed by atoms with van der Waals surface area (Å²) in [6.45, 7) is 13.6. The molecule has 0 aliphatic carbocycles. The van der Waals surface area contributed by atoms with Gasteiger partial charge in [-0.1, -0.05) is 71.9 Å². The minimum atomic E-state index is 0.0690. The van der Waals surface area contributed by atoms with Gasteiger partial charge in [0.1, 0.15) is 5.01 Å². The lowest BCUT2D eigenvalue weighted by molar-refractivity contribution is 0.568. The molecule has 1 N–H and O–H groups in total. The van der Waals surface area contributed by atoms with Gasteiger partial charge in [0.25, 0.3) is 0 Å². The number of benzene rings is 3. The second-order valence-corrected chi connectivity index (χ2v) is 12.4. The maximum Gasteiger partial charge on any atom is 0.126 e. The molecular formula is C32H33N3S. The molecule has 4 heteroatoms. The van der Waals surface area contributed by atoms with Crippen LogP contribution < -0.4 is 0 Å². The first-order chi connectivity index (χ1) is 17.1. The van der Waals surface area contributed by atoms with Crippen molar-refractivity contribution in [3.8, 4) is 21.8 Å². The molecule has 0 saturated carbocycles. The van der Waals surface area contributed by atoms with E-state index >= 15 is 0 Å². The summed E-state index contributed by atoms with van der Waals surface area (Å²) >= 11 is 1.71.